The molecule has 2 aromatic carbocycles. The van der Waals surface area contributed by atoms with Gasteiger partial charge in [0.1, 0.15) is 18.5 Å². The van der Waals surface area contributed by atoms with Crippen LogP contribution in [0.2, 0.25) is 0 Å². The predicted octanol–water partition coefficient (Wildman–Crippen LogP) is 3.22. The number of nitrogens with zero attached hydrogens (tertiary/aromatic N) is 3. The molecule has 2 fully saturated rings. The number of amides is 2. The van der Waals surface area contributed by atoms with Crippen molar-refractivity contribution in [2.45, 2.75) is 39.1 Å². The summed E-state index contributed by atoms with van der Waals surface area (Å²) >= 11 is 0. The summed E-state index contributed by atoms with van der Waals surface area (Å²) in [7, 11) is 0. The van der Waals surface area contributed by atoms with Gasteiger partial charge in [0.25, 0.3) is 0 Å². The molecule has 2 heterocycles. The van der Waals surface area contributed by atoms with Crippen molar-refractivity contribution in [3.8, 4) is 0 Å². The van der Waals surface area contributed by atoms with E-state index in [-0.39, 0.29) is 30.6 Å². The Labute approximate surface area is 234 Å². The highest BCUT2D eigenvalue weighted by Crippen LogP contribution is 2.23. The summed E-state index contributed by atoms with van der Waals surface area (Å²) in [6.07, 6.45) is -1.07. The third kappa shape index (κ3) is 8.52. The SMILES string of the molecule is CC(C)OC(=O)CCN1CCN(CC2CN(c3ccc(C(=N)NC(=O)OCc4ccccc4)cc3)C(=O)O2)CC1. The van der Waals surface area contributed by atoms with E-state index in [0.29, 0.717) is 37.3 Å². The molecule has 11 heteroatoms. The van der Waals surface area contributed by atoms with Gasteiger partial charge in [-0.05, 0) is 43.7 Å². The molecule has 2 amide bonds. The number of hydrogen-bond acceptors (Lipinski definition) is 9. The molecule has 2 aliphatic rings. The number of carbonyl (C=O) groups is 3. The molecule has 0 saturated carbocycles. The molecule has 2 N–H and O–H groups in total. The van der Waals surface area contributed by atoms with Gasteiger partial charge in [-0.3, -0.25) is 25.3 Å². The lowest BCUT2D eigenvalue weighted by molar-refractivity contribution is -0.147. The molecule has 2 saturated heterocycles. The van der Waals surface area contributed by atoms with E-state index in [2.05, 4.69) is 15.1 Å². The molecule has 2 aromatic rings. The number of rotatable bonds is 10. The van der Waals surface area contributed by atoms with Crippen molar-refractivity contribution >= 4 is 29.7 Å². The standard InChI is InChI=1S/C29H37N5O6/c1-21(2)39-26(35)12-13-32-14-16-33(17-15-32)18-25-19-34(29(37)40-25)24-10-8-23(9-11-24)27(30)31-28(36)38-20-22-6-4-3-5-7-22/h3-11,21,25H,12-20H2,1-2H3,(H2,30,31,36). The molecule has 0 aliphatic carbocycles. The van der Waals surface area contributed by atoms with Crippen LogP contribution in [0.5, 0.6) is 0 Å². The lowest BCUT2D eigenvalue weighted by Crippen LogP contribution is -2.49. The van der Waals surface area contributed by atoms with Crippen LogP contribution in [0.1, 0.15) is 31.4 Å². The number of hydrogen-bond donors (Lipinski definition) is 2. The van der Waals surface area contributed by atoms with Crippen molar-refractivity contribution in [2.24, 2.45) is 0 Å². The van der Waals surface area contributed by atoms with Crippen molar-refractivity contribution in [1.29, 1.82) is 5.41 Å². The quantitative estimate of drug-likeness (QED) is 0.200. The molecule has 11 nitrogen and oxygen atoms in total. The normalized spacial score (nSPS) is 17.9. The highest BCUT2D eigenvalue weighted by atomic mass is 16.6. The van der Waals surface area contributed by atoms with E-state index in [1.54, 1.807) is 29.2 Å². The lowest BCUT2D eigenvalue weighted by Gasteiger charge is -2.35. The van der Waals surface area contributed by atoms with E-state index < -0.39 is 12.2 Å². The van der Waals surface area contributed by atoms with Crippen molar-refractivity contribution in [3.63, 3.8) is 0 Å². The minimum atomic E-state index is -0.710. The number of cyclic esters (lactones) is 1. The van der Waals surface area contributed by atoms with Crippen LogP contribution in [0.25, 0.3) is 0 Å². The van der Waals surface area contributed by atoms with E-state index in [1.165, 1.54) is 0 Å². The Balaban J connectivity index is 1.19. The van der Waals surface area contributed by atoms with E-state index in [4.69, 9.17) is 19.6 Å². The molecule has 4 rings (SSSR count). The topological polar surface area (TPSA) is 125 Å². The summed E-state index contributed by atoms with van der Waals surface area (Å²) in [4.78, 5) is 42.5. The second kappa shape index (κ2) is 13.9. The average molecular weight is 552 g/mol. The van der Waals surface area contributed by atoms with Gasteiger partial charge in [-0.2, -0.15) is 0 Å². The number of alkyl carbamates (subject to hydrolysis) is 1. The minimum absolute atomic E-state index is 0.0948. The molecule has 1 unspecified atom stereocenters. The van der Waals surface area contributed by atoms with Gasteiger partial charge in [0.05, 0.1) is 19.1 Å². The first-order chi connectivity index (χ1) is 19.3. The molecule has 214 valence electrons. The van der Waals surface area contributed by atoms with Gasteiger partial charge < -0.3 is 19.1 Å². The molecule has 0 spiro atoms. The van der Waals surface area contributed by atoms with Gasteiger partial charge in [0, 0.05) is 50.5 Å². The Bertz CT molecular complexity index is 1170. The van der Waals surface area contributed by atoms with Gasteiger partial charge in [-0.15, -0.1) is 0 Å². The second-order valence-corrected chi connectivity index (χ2v) is 10.2. The maximum Gasteiger partial charge on any atom is 0.414 e. The Morgan fingerprint density at radius 3 is 2.38 bits per heavy atom. The second-order valence-electron chi connectivity index (χ2n) is 10.2. The molecule has 0 aromatic heterocycles. The van der Waals surface area contributed by atoms with Crippen LogP contribution in [-0.2, 0) is 25.6 Å². The van der Waals surface area contributed by atoms with Crippen molar-refractivity contribution in [3.05, 3.63) is 65.7 Å². The first-order valence-corrected chi connectivity index (χ1v) is 13.6. The van der Waals surface area contributed by atoms with Gasteiger partial charge in [-0.1, -0.05) is 30.3 Å². The van der Waals surface area contributed by atoms with E-state index in [0.717, 1.165) is 31.7 Å². The van der Waals surface area contributed by atoms with Gasteiger partial charge >= 0.3 is 18.2 Å². The summed E-state index contributed by atoms with van der Waals surface area (Å²) < 4.78 is 16.0. The lowest BCUT2D eigenvalue weighted by atomic mass is 10.1. The number of anilines is 1. The fourth-order valence-electron chi connectivity index (χ4n) is 4.62. The predicted molar refractivity (Wildman–Crippen MR) is 149 cm³/mol. The molecule has 1 atom stereocenters. The third-order valence-corrected chi connectivity index (χ3v) is 6.71. The van der Waals surface area contributed by atoms with Crippen LogP contribution < -0.4 is 10.2 Å². The fraction of sp³-hybridized carbons (Fsp3) is 0.448. The highest BCUT2D eigenvalue weighted by molar-refractivity contribution is 6.04. The maximum absolute atomic E-state index is 12.6. The molecular weight excluding hydrogens is 514 g/mol. The number of benzene rings is 2. The molecule has 0 radical (unpaired) electrons. The fourth-order valence-corrected chi connectivity index (χ4v) is 4.62. The van der Waals surface area contributed by atoms with Gasteiger partial charge in [0.2, 0.25) is 0 Å². The van der Waals surface area contributed by atoms with E-state index >= 15 is 0 Å². The van der Waals surface area contributed by atoms with Crippen LogP contribution in [0.15, 0.2) is 54.6 Å². The molecule has 40 heavy (non-hydrogen) atoms. The van der Waals surface area contributed by atoms with Gasteiger partial charge in [-0.25, -0.2) is 9.59 Å². The number of esters is 1. The zero-order chi connectivity index (χ0) is 28.5. The summed E-state index contributed by atoms with van der Waals surface area (Å²) in [5.74, 6) is -0.264. The van der Waals surface area contributed by atoms with Crippen LogP contribution in [0.3, 0.4) is 0 Å². The minimum Gasteiger partial charge on any atom is -0.463 e. The summed E-state index contributed by atoms with van der Waals surface area (Å²) in [6.45, 7) is 8.94. The number of piperazine rings is 1. The van der Waals surface area contributed by atoms with Crippen molar-refractivity contribution in [1.82, 2.24) is 15.1 Å². The number of nitrogens with one attached hydrogen (secondary N) is 2. The Kier molecular flexibility index (Phi) is 10.1. The number of carbonyl (C=O) groups excluding carboxylic acids is 3. The largest absolute Gasteiger partial charge is 0.463 e. The third-order valence-electron chi connectivity index (χ3n) is 6.71. The van der Waals surface area contributed by atoms with E-state index in [1.807, 2.05) is 44.2 Å². The highest BCUT2D eigenvalue weighted by Gasteiger charge is 2.34. The van der Waals surface area contributed by atoms with Crippen molar-refractivity contribution < 1.29 is 28.6 Å². The summed E-state index contributed by atoms with van der Waals surface area (Å²) in [5, 5.41) is 10.6. The summed E-state index contributed by atoms with van der Waals surface area (Å²) in [6, 6.07) is 16.1. The molecule has 0 bridgehead atoms. The number of ether oxygens (including phenoxy) is 3. The van der Waals surface area contributed by atoms with Crippen molar-refractivity contribution in [2.75, 3.05) is 50.7 Å². The van der Waals surface area contributed by atoms with E-state index in [9.17, 15) is 14.4 Å². The van der Waals surface area contributed by atoms with Crippen LogP contribution in [-0.4, -0.2) is 91.8 Å². The Morgan fingerprint density at radius 1 is 1.02 bits per heavy atom. The zero-order valence-corrected chi connectivity index (χ0v) is 23.0. The van der Waals surface area contributed by atoms with Crippen LogP contribution in [0, 0.1) is 5.41 Å². The van der Waals surface area contributed by atoms with Crippen LogP contribution in [0.4, 0.5) is 15.3 Å². The molecular formula is C29H37N5O6. The number of amidine groups is 1. The maximum atomic E-state index is 12.6. The Morgan fingerprint density at radius 2 is 1.70 bits per heavy atom. The first kappa shape index (κ1) is 29.0. The smallest absolute Gasteiger partial charge is 0.414 e. The summed E-state index contributed by atoms with van der Waals surface area (Å²) in [5.41, 5.74) is 2.00. The zero-order valence-electron chi connectivity index (χ0n) is 23.0. The first-order valence-electron chi connectivity index (χ1n) is 13.6. The Hall–Kier alpha value is -3.96. The average Bonchev–Trinajstić information content (AvgIpc) is 3.31. The van der Waals surface area contributed by atoms with Crippen LogP contribution >= 0.6 is 0 Å². The monoisotopic (exact) mass is 551 g/mol. The van der Waals surface area contributed by atoms with Gasteiger partial charge in [0.15, 0.2) is 0 Å². The molecule has 2 aliphatic heterocycles.